The number of rotatable bonds is 6. The summed E-state index contributed by atoms with van der Waals surface area (Å²) in [6.45, 7) is 2.21. The molecule has 0 heterocycles. The van der Waals surface area contributed by atoms with Crippen molar-refractivity contribution in [3.8, 4) is 5.75 Å². The van der Waals surface area contributed by atoms with E-state index in [-0.39, 0.29) is 23.0 Å². The molecule has 1 aromatic carbocycles. The molecule has 0 aliphatic rings. The second kappa shape index (κ2) is 6.69. The SMILES string of the molecule is CCC(N)CNC(=O)c1cccc([N+](=O)[O-])c1OC. The number of amides is 1. The lowest BCUT2D eigenvalue weighted by atomic mass is 10.1. The van der Waals surface area contributed by atoms with Gasteiger partial charge in [-0.2, -0.15) is 0 Å². The van der Waals surface area contributed by atoms with Crippen LogP contribution in [0.2, 0.25) is 0 Å². The van der Waals surface area contributed by atoms with Gasteiger partial charge in [0.05, 0.1) is 17.6 Å². The Kier molecular flexibility index (Phi) is 5.25. The van der Waals surface area contributed by atoms with Gasteiger partial charge in [0.15, 0.2) is 0 Å². The van der Waals surface area contributed by atoms with Crippen molar-refractivity contribution in [3.63, 3.8) is 0 Å². The molecule has 1 rings (SSSR count). The van der Waals surface area contributed by atoms with E-state index in [1.165, 1.54) is 25.3 Å². The molecule has 3 N–H and O–H groups in total. The van der Waals surface area contributed by atoms with Crippen molar-refractivity contribution in [1.29, 1.82) is 0 Å². The molecule has 0 aliphatic heterocycles. The van der Waals surface area contributed by atoms with Gasteiger partial charge < -0.3 is 15.8 Å². The number of nitrogens with two attached hydrogens (primary N) is 1. The lowest BCUT2D eigenvalue weighted by Crippen LogP contribution is -2.36. The average Bonchev–Trinajstić information content (AvgIpc) is 2.43. The number of benzene rings is 1. The third kappa shape index (κ3) is 3.65. The van der Waals surface area contributed by atoms with Gasteiger partial charge in [-0.25, -0.2) is 0 Å². The molecule has 1 unspecified atom stereocenters. The Balaban J connectivity index is 2.96. The molecular formula is C12H17N3O4. The van der Waals surface area contributed by atoms with Gasteiger partial charge in [-0.05, 0) is 12.5 Å². The van der Waals surface area contributed by atoms with Crippen molar-refractivity contribution in [2.45, 2.75) is 19.4 Å². The van der Waals surface area contributed by atoms with Crippen LogP contribution in [0.5, 0.6) is 5.75 Å². The molecule has 0 saturated carbocycles. The highest BCUT2D eigenvalue weighted by molar-refractivity contribution is 5.98. The Morgan fingerprint density at radius 1 is 1.58 bits per heavy atom. The Bertz CT molecular complexity index is 476. The van der Waals surface area contributed by atoms with Crippen LogP contribution in [0.15, 0.2) is 18.2 Å². The maximum Gasteiger partial charge on any atom is 0.311 e. The quantitative estimate of drug-likeness (QED) is 0.592. The Morgan fingerprint density at radius 2 is 2.26 bits per heavy atom. The van der Waals surface area contributed by atoms with Gasteiger partial charge in [0.1, 0.15) is 0 Å². The zero-order chi connectivity index (χ0) is 14.4. The van der Waals surface area contributed by atoms with Gasteiger partial charge in [-0.1, -0.05) is 13.0 Å². The molecule has 0 aromatic heterocycles. The molecule has 19 heavy (non-hydrogen) atoms. The van der Waals surface area contributed by atoms with Gasteiger partial charge in [-0.3, -0.25) is 14.9 Å². The summed E-state index contributed by atoms with van der Waals surface area (Å²) in [7, 11) is 1.29. The number of methoxy groups -OCH3 is 1. The number of ether oxygens (including phenoxy) is 1. The fourth-order valence-corrected chi connectivity index (χ4v) is 1.53. The zero-order valence-corrected chi connectivity index (χ0v) is 10.9. The molecule has 7 heteroatoms. The second-order valence-electron chi connectivity index (χ2n) is 3.99. The monoisotopic (exact) mass is 267 g/mol. The summed E-state index contributed by atoms with van der Waals surface area (Å²) in [5, 5.41) is 13.5. The number of hydrogen-bond acceptors (Lipinski definition) is 5. The molecule has 0 fully saturated rings. The van der Waals surface area contributed by atoms with Crippen molar-refractivity contribution in [2.24, 2.45) is 5.73 Å². The van der Waals surface area contributed by atoms with E-state index in [9.17, 15) is 14.9 Å². The van der Waals surface area contributed by atoms with Crippen LogP contribution >= 0.6 is 0 Å². The topological polar surface area (TPSA) is 107 Å². The van der Waals surface area contributed by atoms with Gasteiger partial charge >= 0.3 is 5.69 Å². The van der Waals surface area contributed by atoms with Crippen molar-refractivity contribution in [3.05, 3.63) is 33.9 Å². The normalized spacial score (nSPS) is 11.7. The molecule has 104 valence electrons. The average molecular weight is 267 g/mol. The van der Waals surface area contributed by atoms with Gasteiger partial charge in [0.25, 0.3) is 5.91 Å². The van der Waals surface area contributed by atoms with Crippen LogP contribution in [-0.2, 0) is 0 Å². The number of carbonyl (C=O) groups is 1. The first-order chi connectivity index (χ1) is 9.01. The maximum atomic E-state index is 12.0. The lowest BCUT2D eigenvalue weighted by molar-refractivity contribution is -0.385. The van der Waals surface area contributed by atoms with Gasteiger partial charge in [-0.15, -0.1) is 0 Å². The minimum atomic E-state index is -0.590. The second-order valence-corrected chi connectivity index (χ2v) is 3.99. The van der Waals surface area contributed by atoms with E-state index in [1.807, 2.05) is 6.92 Å². The van der Waals surface area contributed by atoms with Crippen LogP contribution in [0, 0.1) is 10.1 Å². The highest BCUT2D eigenvalue weighted by atomic mass is 16.6. The molecule has 0 radical (unpaired) electrons. The van der Waals surface area contributed by atoms with Crippen LogP contribution in [0.25, 0.3) is 0 Å². The number of nitro benzene ring substituents is 1. The van der Waals surface area contributed by atoms with Crippen LogP contribution in [-0.4, -0.2) is 30.5 Å². The number of nitrogens with one attached hydrogen (secondary N) is 1. The van der Waals surface area contributed by atoms with E-state index in [2.05, 4.69) is 5.32 Å². The Hall–Kier alpha value is -2.15. The van der Waals surface area contributed by atoms with Crippen molar-refractivity contribution in [1.82, 2.24) is 5.32 Å². The number of hydrogen-bond donors (Lipinski definition) is 2. The number of nitro groups is 1. The van der Waals surface area contributed by atoms with E-state index in [1.54, 1.807) is 0 Å². The molecule has 0 aliphatic carbocycles. The lowest BCUT2D eigenvalue weighted by Gasteiger charge is -2.12. The molecule has 1 aromatic rings. The standard InChI is InChI=1S/C12H17N3O4/c1-3-8(13)7-14-12(16)9-5-4-6-10(15(17)18)11(9)19-2/h4-6,8H,3,7,13H2,1-2H3,(H,14,16). The zero-order valence-electron chi connectivity index (χ0n) is 10.9. The fourth-order valence-electron chi connectivity index (χ4n) is 1.53. The van der Waals surface area contributed by atoms with Crippen LogP contribution in [0.4, 0.5) is 5.69 Å². The summed E-state index contributed by atoms with van der Waals surface area (Å²) < 4.78 is 4.96. The summed E-state index contributed by atoms with van der Waals surface area (Å²) in [5.41, 5.74) is 5.58. The Morgan fingerprint density at radius 3 is 2.79 bits per heavy atom. The summed E-state index contributed by atoms with van der Waals surface area (Å²) in [5.74, 6) is -0.487. The van der Waals surface area contributed by atoms with Gasteiger partial charge in [0, 0.05) is 18.7 Å². The largest absolute Gasteiger partial charge is 0.490 e. The van der Waals surface area contributed by atoms with Crippen molar-refractivity contribution >= 4 is 11.6 Å². The van der Waals surface area contributed by atoms with Crippen molar-refractivity contribution in [2.75, 3.05) is 13.7 Å². The first kappa shape index (κ1) is 14.9. The summed E-state index contributed by atoms with van der Waals surface area (Å²) in [6.07, 6.45) is 0.729. The first-order valence-corrected chi connectivity index (χ1v) is 5.86. The summed E-state index contributed by atoms with van der Waals surface area (Å²) in [6, 6.07) is 4.05. The first-order valence-electron chi connectivity index (χ1n) is 5.86. The van der Waals surface area contributed by atoms with Gasteiger partial charge in [0.2, 0.25) is 5.75 Å². The summed E-state index contributed by atoms with van der Waals surface area (Å²) >= 11 is 0. The molecule has 1 amide bonds. The van der Waals surface area contributed by atoms with E-state index in [0.717, 1.165) is 6.42 Å². The number of carbonyl (C=O) groups excluding carboxylic acids is 1. The van der Waals surface area contributed by atoms with E-state index in [0.29, 0.717) is 6.54 Å². The van der Waals surface area contributed by atoms with Crippen LogP contribution in [0.1, 0.15) is 23.7 Å². The van der Waals surface area contributed by atoms with E-state index < -0.39 is 10.8 Å². The molecule has 7 nitrogen and oxygen atoms in total. The van der Waals surface area contributed by atoms with E-state index >= 15 is 0 Å². The molecular weight excluding hydrogens is 250 g/mol. The summed E-state index contributed by atoms with van der Waals surface area (Å²) in [4.78, 5) is 22.2. The van der Waals surface area contributed by atoms with E-state index in [4.69, 9.17) is 10.5 Å². The predicted octanol–water partition coefficient (Wildman–Crippen LogP) is 1.07. The molecule has 0 saturated heterocycles. The predicted molar refractivity (Wildman–Crippen MR) is 70.2 cm³/mol. The third-order valence-corrected chi connectivity index (χ3v) is 2.69. The molecule has 1 atom stereocenters. The van der Waals surface area contributed by atoms with Crippen LogP contribution < -0.4 is 15.8 Å². The molecule has 0 spiro atoms. The highest BCUT2D eigenvalue weighted by Gasteiger charge is 2.22. The maximum absolute atomic E-state index is 12.0. The number of nitrogens with zero attached hydrogens (tertiary/aromatic N) is 1. The minimum Gasteiger partial charge on any atom is -0.490 e. The van der Waals surface area contributed by atoms with Crippen molar-refractivity contribution < 1.29 is 14.5 Å². The Labute approximate surface area is 110 Å². The fraction of sp³-hybridized carbons (Fsp3) is 0.417. The molecule has 0 bridgehead atoms. The highest BCUT2D eigenvalue weighted by Crippen LogP contribution is 2.30. The smallest absolute Gasteiger partial charge is 0.311 e. The minimum absolute atomic E-state index is 0.0462. The number of para-hydroxylation sites is 1. The third-order valence-electron chi connectivity index (χ3n) is 2.69. The van der Waals surface area contributed by atoms with Crippen LogP contribution in [0.3, 0.4) is 0 Å².